The SMILES string of the molecule is CC(NC(=O)NC(CCC(=O)O)c1ccccc1)C1CC1. The van der Waals surface area contributed by atoms with Gasteiger partial charge in [-0.1, -0.05) is 30.3 Å². The molecule has 0 aliphatic heterocycles. The second kappa shape index (κ2) is 7.11. The Balaban J connectivity index is 1.94. The first-order valence-corrected chi connectivity index (χ1v) is 7.40. The van der Waals surface area contributed by atoms with Gasteiger partial charge in [-0.15, -0.1) is 0 Å². The van der Waals surface area contributed by atoms with Crippen molar-refractivity contribution in [2.24, 2.45) is 5.92 Å². The average Bonchev–Trinajstić information content (AvgIpc) is 3.28. The van der Waals surface area contributed by atoms with Gasteiger partial charge >= 0.3 is 12.0 Å². The number of carbonyl (C=O) groups is 2. The van der Waals surface area contributed by atoms with Crippen molar-refractivity contribution in [2.45, 2.75) is 44.7 Å². The van der Waals surface area contributed by atoms with Crippen LogP contribution in [0.5, 0.6) is 0 Å². The molecule has 1 aliphatic carbocycles. The molecule has 1 aromatic rings. The Morgan fingerprint density at radius 2 is 1.90 bits per heavy atom. The molecule has 0 aromatic heterocycles. The number of hydrogen-bond acceptors (Lipinski definition) is 2. The number of hydrogen-bond donors (Lipinski definition) is 3. The number of amides is 2. The summed E-state index contributed by atoms with van der Waals surface area (Å²) in [6.45, 7) is 2.01. The van der Waals surface area contributed by atoms with Gasteiger partial charge in [0.05, 0.1) is 6.04 Å². The van der Waals surface area contributed by atoms with Crippen LogP contribution in [0.4, 0.5) is 4.79 Å². The maximum absolute atomic E-state index is 12.0. The van der Waals surface area contributed by atoms with Crippen LogP contribution in [0, 0.1) is 5.92 Å². The van der Waals surface area contributed by atoms with Crippen LogP contribution in [0.15, 0.2) is 30.3 Å². The minimum absolute atomic E-state index is 0.0258. The van der Waals surface area contributed by atoms with E-state index in [0.717, 1.165) is 5.56 Å². The molecule has 2 atom stereocenters. The fourth-order valence-electron chi connectivity index (χ4n) is 2.40. The molecule has 2 unspecified atom stereocenters. The molecule has 0 spiro atoms. The van der Waals surface area contributed by atoms with Gasteiger partial charge < -0.3 is 15.7 Å². The van der Waals surface area contributed by atoms with Gasteiger partial charge in [-0.25, -0.2) is 4.79 Å². The third-order valence-corrected chi connectivity index (χ3v) is 3.84. The van der Waals surface area contributed by atoms with E-state index in [4.69, 9.17) is 5.11 Å². The second-order valence-electron chi connectivity index (χ2n) is 5.64. The first-order valence-electron chi connectivity index (χ1n) is 7.40. The van der Waals surface area contributed by atoms with Gasteiger partial charge in [0.2, 0.25) is 0 Å². The van der Waals surface area contributed by atoms with E-state index in [1.807, 2.05) is 37.3 Å². The van der Waals surface area contributed by atoms with E-state index < -0.39 is 5.97 Å². The van der Waals surface area contributed by atoms with Gasteiger partial charge in [0.15, 0.2) is 0 Å². The van der Waals surface area contributed by atoms with Gasteiger partial charge in [0, 0.05) is 12.5 Å². The lowest BCUT2D eigenvalue weighted by Gasteiger charge is -2.21. The highest BCUT2D eigenvalue weighted by atomic mass is 16.4. The predicted octanol–water partition coefficient (Wildman–Crippen LogP) is 2.69. The molecule has 2 amide bonds. The van der Waals surface area contributed by atoms with Crippen molar-refractivity contribution in [1.82, 2.24) is 10.6 Å². The van der Waals surface area contributed by atoms with Crippen LogP contribution in [0.3, 0.4) is 0 Å². The quantitative estimate of drug-likeness (QED) is 0.722. The number of nitrogens with one attached hydrogen (secondary N) is 2. The molecule has 1 saturated carbocycles. The summed E-state index contributed by atoms with van der Waals surface area (Å²) in [6.07, 6.45) is 2.74. The van der Waals surface area contributed by atoms with Gasteiger partial charge in [0.1, 0.15) is 0 Å². The van der Waals surface area contributed by atoms with Gasteiger partial charge in [-0.05, 0) is 37.7 Å². The minimum atomic E-state index is -0.857. The third-order valence-electron chi connectivity index (χ3n) is 3.84. The Hall–Kier alpha value is -2.04. The molecule has 5 nitrogen and oxygen atoms in total. The molecule has 1 fully saturated rings. The molecule has 114 valence electrons. The molecule has 0 bridgehead atoms. The fraction of sp³-hybridized carbons (Fsp3) is 0.500. The van der Waals surface area contributed by atoms with Crippen LogP contribution in [-0.2, 0) is 4.79 Å². The molecule has 5 heteroatoms. The summed E-state index contributed by atoms with van der Waals surface area (Å²) < 4.78 is 0. The zero-order valence-corrected chi connectivity index (χ0v) is 12.2. The number of carboxylic acids is 1. The van der Waals surface area contributed by atoms with Crippen molar-refractivity contribution < 1.29 is 14.7 Å². The summed E-state index contributed by atoms with van der Waals surface area (Å²) in [4.78, 5) is 22.8. The standard InChI is InChI=1S/C16H22N2O3/c1-11(12-7-8-12)17-16(21)18-14(9-10-15(19)20)13-5-3-2-4-6-13/h2-6,11-12,14H,7-10H2,1H3,(H,19,20)(H2,17,18,21). The van der Waals surface area contributed by atoms with Crippen molar-refractivity contribution in [2.75, 3.05) is 0 Å². The molecule has 2 rings (SSSR count). The van der Waals surface area contributed by atoms with Crippen molar-refractivity contribution in [3.8, 4) is 0 Å². The molecule has 1 aliphatic rings. The van der Waals surface area contributed by atoms with Crippen LogP contribution in [0.25, 0.3) is 0 Å². The topological polar surface area (TPSA) is 78.4 Å². The molecular formula is C16H22N2O3. The van der Waals surface area contributed by atoms with Crippen molar-refractivity contribution in [3.05, 3.63) is 35.9 Å². The van der Waals surface area contributed by atoms with Crippen LogP contribution in [0.2, 0.25) is 0 Å². The highest BCUT2D eigenvalue weighted by Crippen LogP contribution is 2.32. The molecule has 21 heavy (non-hydrogen) atoms. The molecule has 0 saturated heterocycles. The second-order valence-corrected chi connectivity index (χ2v) is 5.64. The van der Waals surface area contributed by atoms with Crippen molar-refractivity contribution in [3.63, 3.8) is 0 Å². The molecule has 0 radical (unpaired) electrons. The van der Waals surface area contributed by atoms with E-state index in [-0.39, 0.29) is 24.5 Å². The van der Waals surface area contributed by atoms with E-state index in [1.54, 1.807) is 0 Å². The van der Waals surface area contributed by atoms with Gasteiger partial charge in [-0.2, -0.15) is 0 Å². The largest absolute Gasteiger partial charge is 0.481 e. The Morgan fingerprint density at radius 3 is 2.48 bits per heavy atom. The molecule has 0 heterocycles. The van der Waals surface area contributed by atoms with E-state index in [0.29, 0.717) is 12.3 Å². The maximum Gasteiger partial charge on any atom is 0.315 e. The van der Waals surface area contributed by atoms with Gasteiger partial charge in [0.25, 0.3) is 0 Å². The smallest absolute Gasteiger partial charge is 0.315 e. The average molecular weight is 290 g/mol. The lowest BCUT2D eigenvalue weighted by Crippen LogP contribution is -2.43. The number of carbonyl (C=O) groups excluding carboxylic acids is 1. The monoisotopic (exact) mass is 290 g/mol. The van der Waals surface area contributed by atoms with E-state index in [9.17, 15) is 9.59 Å². The Morgan fingerprint density at radius 1 is 1.24 bits per heavy atom. The van der Waals surface area contributed by atoms with Crippen LogP contribution >= 0.6 is 0 Å². The predicted molar refractivity (Wildman–Crippen MR) is 79.9 cm³/mol. The summed E-state index contributed by atoms with van der Waals surface area (Å²) in [5.74, 6) is -0.269. The maximum atomic E-state index is 12.0. The van der Waals surface area contributed by atoms with E-state index in [2.05, 4.69) is 10.6 Å². The Kier molecular flexibility index (Phi) is 5.20. The first kappa shape index (κ1) is 15.4. The highest BCUT2D eigenvalue weighted by Gasteiger charge is 2.29. The van der Waals surface area contributed by atoms with Crippen LogP contribution < -0.4 is 10.6 Å². The molecule has 3 N–H and O–H groups in total. The zero-order valence-electron chi connectivity index (χ0n) is 12.2. The molecular weight excluding hydrogens is 268 g/mol. The third kappa shape index (κ3) is 5.10. The fourth-order valence-corrected chi connectivity index (χ4v) is 2.40. The number of carboxylic acid groups (broad SMARTS) is 1. The van der Waals surface area contributed by atoms with E-state index in [1.165, 1.54) is 12.8 Å². The Labute approximate surface area is 124 Å². The lowest BCUT2D eigenvalue weighted by atomic mass is 10.0. The van der Waals surface area contributed by atoms with Crippen molar-refractivity contribution >= 4 is 12.0 Å². The number of rotatable bonds is 7. The number of urea groups is 1. The summed E-state index contributed by atoms with van der Waals surface area (Å²) in [5, 5.41) is 14.7. The Bertz CT molecular complexity index is 486. The number of aliphatic carboxylic acids is 1. The van der Waals surface area contributed by atoms with Crippen LogP contribution in [-0.4, -0.2) is 23.1 Å². The lowest BCUT2D eigenvalue weighted by molar-refractivity contribution is -0.137. The number of benzene rings is 1. The van der Waals surface area contributed by atoms with E-state index >= 15 is 0 Å². The van der Waals surface area contributed by atoms with Crippen LogP contribution in [0.1, 0.15) is 44.2 Å². The normalized spacial score (nSPS) is 16.8. The zero-order chi connectivity index (χ0) is 15.2. The first-order chi connectivity index (χ1) is 10.1. The van der Waals surface area contributed by atoms with Crippen molar-refractivity contribution in [1.29, 1.82) is 0 Å². The highest BCUT2D eigenvalue weighted by molar-refractivity contribution is 5.75. The minimum Gasteiger partial charge on any atom is -0.481 e. The summed E-state index contributed by atoms with van der Waals surface area (Å²) in [7, 11) is 0. The molecule has 1 aromatic carbocycles. The summed E-state index contributed by atoms with van der Waals surface area (Å²) in [5.41, 5.74) is 0.924. The summed E-state index contributed by atoms with van der Waals surface area (Å²) >= 11 is 0. The summed E-state index contributed by atoms with van der Waals surface area (Å²) in [6, 6.07) is 9.12. The van der Waals surface area contributed by atoms with Gasteiger partial charge in [-0.3, -0.25) is 4.79 Å².